The molecule has 0 amide bonds. The van der Waals surface area contributed by atoms with E-state index in [2.05, 4.69) is 0 Å². The minimum absolute atomic E-state index is 0. The minimum Gasteiger partial charge on any atom is -1.00 e. The third kappa shape index (κ3) is 168. The summed E-state index contributed by atoms with van der Waals surface area (Å²) in [6.07, 6.45) is -3.67. The monoisotopic (exact) mass is 292 g/mol. The van der Waals surface area contributed by atoms with Crippen molar-refractivity contribution in [3.63, 3.8) is 0 Å². The van der Waals surface area contributed by atoms with Gasteiger partial charge in [-0.25, -0.2) is 9.59 Å². The molecule has 0 aromatic heterocycles. The molecule has 0 aromatic rings. The van der Waals surface area contributed by atoms with E-state index < -0.39 is 12.3 Å². The first-order chi connectivity index (χ1) is 3.46. The van der Waals surface area contributed by atoms with E-state index >= 15 is 0 Å². The van der Waals surface area contributed by atoms with Gasteiger partial charge in [0, 0.05) is 0 Å². The minimum atomic E-state index is -1.83. The summed E-state index contributed by atoms with van der Waals surface area (Å²) in [6, 6.07) is 0. The fourth-order valence-electron chi connectivity index (χ4n) is 0. The van der Waals surface area contributed by atoms with Crippen LogP contribution in [-0.4, -0.2) is 184 Å². The fraction of sp³-hybridized carbons (Fsp3) is 0. The molecule has 0 aromatic carbocycles. The quantitative estimate of drug-likeness (QED) is 0.460. The van der Waals surface area contributed by atoms with Crippen LogP contribution in [0, 0.1) is 0 Å². The van der Waals surface area contributed by atoms with Gasteiger partial charge >= 0.3 is 163 Å². The molecule has 64 valence electrons. The summed E-state index contributed by atoms with van der Waals surface area (Å²) in [5, 5.41) is 27.9. The summed E-state index contributed by atoms with van der Waals surface area (Å²) >= 11 is 0. The van der Waals surface area contributed by atoms with E-state index in [1.165, 1.54) is 0 Å². The molecule has 0 aliphatic carbocycles. The summed E-state index contributed by atoms with van der Waals surface area (Å²) in [7, 11) is 0. The summed E-state index contributed by atoms with van der Waals surface area (Å²) in [4.78, 5) is 17.1. The van der Waals surface area contributed by atoms with Crippen molar-refractivity contribution in [2.45, 2.75) is 0 Å². The first kappa shape index (κ1) is 36.1. The topological polar surface area (TPSA) is 115 Å². The Morgan fingerprint density at radius 1 is 0.667 bits per heavy atom. The Bertz CT molecular complexity index is 95.0. The van der Waals surface area contributed by atoms with Crippen LogP contribution in [-0.2, 0) is 0 Å². The second-order valence-corrected chi connectivity index (χ2v) is 0.565. The van der Waals surface area contributed by atoms with Gasteiger partial charge in [0.1, 0.15) is 0 Å². The largest absolute Gasteiger partial charge is 2.00 e. The summed E-state index contributed by atoms with van der Waals surface area (Å²) in [6.45, 7) is 0. The zero-order valence-corrected chi connectivity index (χ0v) is 15.3. The van der Waals surface area contributed by atoms with E-state index in [1.54, 1.807) is 0 Å². The smallest absolute Gasteiger partial charge is 1.00 e. The van der Waals surface area contributed by atoms with E-state index in [4.69, 9.17) is 30.0 Å². The van der Waals surface area contributed by atoms with Crippen LogP contribution < -0.4 is 0 Å². The van der Waals surface area contributed by atoms with Crippen molar-refractivity contribution in [2.75, 3.05) is 0 Å². The van der Waals surface area contributed by atoms with Gasteiger partial charge < -0.3 is 31.8 Å². The van der Waals surface area contributed by atoms with Crippen molar-refractivity contribution < 1.29 is 41.4 Å². The van der Waals surface area contributed by atoms with E-state index in [0.29, 0.717) is 0 Å². The molecule has 0 radical (unpaired) electrons. The van der Waals surface area contributed by atoms with Crippen molar-refractivity contribution in [1.29, 1.82) is 0 Å². The molecule has 0 rings (SSSR count). The maximum Gasteiger partial charge on any atom is 2.00 e. The second kappa shape index (κ2) is 29.3. The third-order valence-electron chi connectivity index (χ3n) is 0. The van der Waals surface area contributed by atoms with Gasteiger partial charge in [0.15, 0.2) is 0 Å². The molecule has 0 fully saturated rings. The van der Waals surface area contributed by atoms with Crippen molar-refractivity contribution in [1.82, 2.24) is 0 Å². The molecule has 0 spiro atoms. The van der Waals surface area contributed by atoms with Gasteiger partial charge in [-0.05, 0) is 0 Å². The van der Waals surface area contributed by atoms with Crippen LogP contribution >= 0.6 is 0 Å². The molecule has 0 saturated carbocycles. The van der Waals surface area contributed by atoms with Crippen molar-refractivity contribution in [3.8, 4) is 0 Å². The van der Waals surface area contributed by atoms with Gasteiger partial charge in [-0.2, -0.15) is 0 Å². The Hall–Kier alpha value is 3.58. The van der Waals surface area contributed by atoms with Gasteiger partial charge in [-0.15, -0.1) is 0 Å². The number of hydrogen-bond donors (Lipinski definition) is 4. The zero-order chi connectivity index (χ0) is 7.15. The van der Waals surface area contributed by atoms with E-state index in [-0.39, 0.29) is 162 Å². The van der Waals surface area contributed by atoms with Crippen LogP contribution in [0.4, 0.5) is 9.59 Å². The molecular formula is C2H12Ca4O6. The van der Waals surface area contributed by atoms with Crippen molar-refractivity contribution in [2.24, 2.45) is 0 Å². The molecule has 10 heteroatoms. The Labute approximate surface area is 200 Å². The first-order valence-electron chi connectivity index (χ1n) is 1.30. The van der Waals surface area contributed by atoms with Crippen molar-refractivity contribution >= 4 is 163 Å². The van der Waals surface area contributed by atoms with E-state index in [1.807, 2.05) is 0 Å². The number of carboxylic acid groups (broad SMARTS) is 4. The molecule has 6 nitrogen and oxygen atoms in total. The maximum absolute atomic E-state index is 8.56. The number of hydrogen-bond acceptors (Lipinski definition) is 2. The Balaban J connectivity index is -0.00000000187. The summed E-state index contributed by atoms with van der Waals surface area (Å²) in [5.41, 5.74) is 0. The van der Waals surface area contributed by atoms with Crippen LogP contribution in [0.25, 0.3) is 0 Å². The summed E-state index contributed by atoms with van der Waals surface area (Å²) in [5.74, 6) is 0. The van der Waals surface area contributed by atoms with E-state index in [9.17, 15) is 0 Å². The van der Waals surface area contributed by atoms with Crippen LogP contribution in [0.2, 0.25) is 0 Å². The van der Waals surface area contributed by atoms with Crippen LogP contribution in [0.5, 0.6) is 0 Å². The SMILES string of the molecule is O=C(O)O.O=C(O)O.[Ca+2].[Ca+2].[Ca+2].[Ca+2].[H-].[H-].[H-].[H-].[H-].[H-].[H-].[H-]. The normalized spacial score (nSPS) is 4.00. The van der Waals surface area contributed by atoms with Crippen molar-refractivity contribution in [3.05, 3.63) is 0 Å². The van der Waals surface area contributed by atoms with Gasteiger partial charge in [-0.1, -0.05) is 0 Å². The fourth-order valence-corrected chi connectivity index (χ4v) is 0. The predicted octanol–water partition coefficient (Wildman–Crippen LogP) is -0.178. The predicted molar refractivity (Wildman–Crippen MR) is 53.2 cm³/mol. The van der Waals surface area contributed by atoms with Crippen LogP contribution in [0.3, 0.4) is 0 Å². The van der Waals surface area contributed by atoms with Gasteiger partial charge in [0.2, 0.25) is 0 Å². The maximum atomic E-state index is 8.56. The molecular weight excluding hydrogens is 280 g/mol. The molecule has 0 unspecified atom stereocenters. The molecule has 0 bridgehead atoms. The van der Waals surface area contributed by atoms with Crippen LogP contribution in [0.15, 0.2) is 0 Å². The number of rotatable bonds is 0. The Morgan fingerprint density at radius 2 is 0.667 bits per heavy atom. The molecule has 12 heavy (non-hydrogen) atoms. The first-order valence-corrected chi connectivity index (χ1v) is 1.30. The van der Waals surface area contributed by atoms with E-state index in [0.717, 1.165) is 0 Å². The zero-order valence-electron chi connectivity index (χ0n) is 14.4. The standard InChI is InChI=1S/2CH2O3.4Ca.8H/c2*2-1(3)4;;;;;;;;;;;;/h2*(H2,2,3,4);;;;;;;;;;;;/q;;4*+2;8*-1. The van der Waals surface area contributed by atoms with Gasteiger partial charge in [0.05, 0.1) is 0 Å². The molecule has 0 aliphatic heterocycles. The Morgan fingerprint density at radius 3 is 0.667 bits per heavy atom. The third-order valence-corrected chi connectivity index (χ3v) is 0. The van der Waals surface area contributed by atoms with Gasteiger partial charge in [-0.3, -0.25) is 0 Å². The van der Waals surface area contributed by atoms with Gasteiger partial charge in [0.25, 0.3) is 0 Å². The molecule has 0 heterocycles. The number of carbonyl (C=O) groups is 2. The molecule has 0 atom stereocenters. The average Bonchev–Trinajstić information content (AvgIpc) is 1.25. The van der Waals surface area contributed by atoms with Crippen LogP contribution in [0.1, 0.15) is 11.4 Å². The molecule has 0 aliphatic rings. The average molecular weight is 292 g/mol. The second-order valence-electron chi connectivity index (χ2n) is 0.565. The Kier molecular flexibility index (Phi) is 88.1. The molecule has 4 N–H and O–H groups in total. The molecule has 0 saturated heterocycles. The summed E-state index contributed by atoms with van der Waals surface area (Å²) < 4.78 is 0.